The molecule has 9 heteroatoms. The monoisotopic (exact) mass is 462 g/mol. The third-order valence-electron chi connectivity index (χ3n) is 7.78. The van der Waals surface area contributed by atoms with Gasteiger partial charge in [0.1, 0.15) is 0 Å². The molecule has 3 fully saturated rings. The molecule has 1 aromatic rings. The average molecular weight is 463 g/mol. The minimum atomic E-state index is -4.60. The van der Waals surface area contributed by atoms with E-state index in [0.29, 0.717) is 44.7 Å². The lowest BCUT2D eigenvalue weighted by atomic mass is 9.70. The van der Waals surface area contributed by atoms with Crippen LogP contribution in [-0.2, 0) is 15.8 Å². The van der Waals surface area contributed by atoms with Crippen LogP contribution < -0.4 is 10.2 Å². The van der Waals surface area contributed by atoms with Gasteiger partial charge < -0.3 is 15.1 Å². The molecule has 178 valence electrons. The van der Waals surface area contributed by atoms with Crippen LogP contribution in [0.15, 0.2) is 18.2 Å². The Bertz CT molecular complexity index is 957. The number of nitrogens with zero attached hydrogens (tertiary/aromatic N) is 3. The number of likely N-dealkylation sites (tertiary alicyclic amines) is 1. The molecule has 1 spiro atoms. The third kappa shape index (κ3) is 4.40. The Morgan fingerprint density at radius 2 is 1.85 bits per heavy atom. The molecule has 2 saturated heterocycles. The smallest absolute Gasteiger partial charge is 0.371 e. The van der Waals surface area contributed by atoms with Crippen molar-refractivity contribution in [3.63, 3.8) is 0 Å². The number of carbonyl (C=O) groups excluding carboxylic acids is 2. The SMILES string of the molecule is CNC(=O)C1CN(C(=O)C2CCCC2)CC12CCN(c1ccc(C#N)c(C(F)(F)F)c1)CC2. The van der Waals surface area contributed by atoms with E-state index in [4.69, 9.17) is 5.26 Å². The molecule has 1 atom stereocenters. The van der Waals surface area contributed by atoms with Crippen LogP contribution in [0.1, 0.15) is 49.7 Å². The zero-order valence-corrected chi connectivity index (χ0v) is 18.7. The van der Waals surface area contributed by atoms with Gasteiger partial charge in [-0.05, 0) is 43.9 Å². The van der Waals surface area contributed by atoms with Crippen LogP contribution in [0.5, 0.6) is 0 Å². The second-order valence-electron chi connectivity index (χ2n) is 9.56. The van der Waals surface area contributed by atoms with Gasteiger partial charge in [0.05, 0.1) is 23.1 Å². The highest BCUT2D eigenvalue weighted by atomic mass is 19.4. The molecule has 2 aliphatic heterocycles. The van der Waals surface area contributed by atoms with E-state index in [-0.39, 0.29) is 29.1 Å². The number of nitrogens with one attached hydrogen (secondary N) is 1. The largest absolute Gasteiger partial charge is 0.417 e. The van der Waals surface area contributed by atoms with Crippen molar-refractivity contribution >= 4 is 17.5 Å². The van der Waals surface area contributed by atoms with Crippen LogP contribution in [0.3, 0.4) is 0 Å². The van der Waals surface area contributed by atoms with Crippen molar-refractivity contribution < 1.29 is 22.8 Å². The van der Waals surface area contributed by atoms with E-state index >= 15 is 0 Å². The standard InChI is InChI=1S/C24H29F3N4O2/c1-29-21(32)20-14-31(22(33)16-4-2-3-5-16)15-23(20)8-10-30(11-9-23)18-7-6-17(13-28)19(12-18)24(25,26)27/h6-7,12,16,20H,2-5,8-11,14-15H2,1H3,(H,29,32). The highest BCUT2D eigenvalue weighted by Crippen LogP contribution is 2.47. The summed E-state index contributed by atoms with van der Waals surface area (Å²) in [6.07, 6.45) is 0.556. The molecular weight excluding hydrogens is 433 g/mol. The second-order valence-corrected chi connectivity index (χ2v) is 9.56. The van der Waals surface area contributed by atoms with Crippen LogP contribution in [0.4, 0.5) is 18.9 Å². The molecule has 2 heterocycles. The molecule has 1 N–H and O–H groups in total. The minimum absolute atomic E-state index is 0.0463. The summed E-state index contributed by atoms with van der Waals surface area (Å²) in [5.41, 5.74) is -1.27. The average Bonchev–Trinajstić information content (AvgIpc) is 3.47. The molecule has 0 radical (unpaired) electrons. The minimum Gasteiger partial charge on any atom is -0.371 e. The van der Waals surface area contributed by atoms with Gasteiger partial charge in [-0.25, -0.2) is 0 Å². The van der Waals surface area contributed by atoms with Gasteiger partial charge in [-0.15, -0.1) is 0 Å². The number of hydrogen-bond acceptors (Lipinski definition) is 4. The molecule has 6 nitrogen and oxygen atoms in total. The van der Waals surface area contributed by atoms with Crippen molar-refractivity contribution in [2.24, 2.45) is 17.3 Å². The van der Waals surface area contributed by atoms with E-state index in [0.717, 1.165) is 31.7 Å². The van der Waals surface area contributed by atoms with Gasteiger partial charge in [-0.3, -0.25) is 9.59 Å². The molecular formula is C24H29F3N4O2. The summed E-state index contributed by atoms with van der Waals surface area (Å²) >= 11 is 0. The highest BCUT2D eigenvalue weighted by Gasteiger charge is 2.52. The van der Waals surface area contributed by atoms with Crippen molar-refractivity contribution in [1.82, 2.24) is 10.2 Å². The van der Waals surface area contributed by atoms with Gasteiger partial charge in [-0.2, -0.15) is 18.4 Å². The Balaban J connectivity index is 1.52. The van der Waals surface area contributed by atoms with Crippen molar-refractivity contribution in [2.45, 2.75) is 44.7 Å². The van der Waals surface area contributed by atoms with Crippen molar-refractivity contribution in [3.8, 4) is 6.07 Å². The van der Waals surface area contributed by atoms with Crippen molar-refractivity contribution in [3.05, 3.63) is 29.3 Å². The van der Waals surface area contributed by atoms with E-state index in [9.17, 15) is 22.8 Å². The van der Waals surface area contributed by atoms with Gasteiger partial charge >= 0.3 is 6.18 Å². The number of halogens is 3. The lowest BCUT2D eigenvalue weighted by molar-refractivity contribution is -0.138. The Kier molecular flexibility index (Phi) is 6.30. The normalized spacial score (nSPS) is 23.1. The molecule has 1 saturated carbocycles. The maximum Gasteiger partial charge on any atom is 0.417 e. The van der Waals surface area contributed by atoms with Gasteiger partial charge in [0.25, 0.3) is 0 Å². The molecule has 4 rings (SSSR count). The zero-order valence-electron chi connectivity index (χ0n) is 18.7. The Morgan fingerprint density at radius 3 is 2.42 bits per heavy atom. The number of hydrogen-bond donors (Lipinski definition) is 1. The zero-order chi connectivity index (χ0) is 23.8. The fraction of sp³-hybridized carbons (Fsp3) is 0.625. The molecule has 1 aromatic carbocycles. The van der Waals surface area contributed by atoms with E-state index in [1.165, 1.54) is 6.07 Å². The number of amides is 2. The summed E-state index contributed by atoms with van der Waals surface area (Å²) in [4.78, 5) is 29.5. The number of benzene rings is 1. The van der Waals surface area contributed by atoms with Gasteiger partial charge in [-0.1, -0.05) is 12.8 Å². The first-order chi connectivity index (χ1) is 15.7. The molecule has 0 aromatic heterocycles. The summed E-state index contributed by atoms with van der Waals surface area (Å²) in [5, 5.41) is 11.8. The summed E-state index contributed by atoms with van der Waals surface area (Å²) in [7, 11) is 1.60. The van der Waals surface area contributed by atoms with Gasteiger partial charge in [0, 0.05) is 50.2 Å². The topological polar surface area (TPSA) is 76.4 Å². The van der Waals surface area contributed by atoms with Crippen LogP contribution >= 0.6 is 0 Å². The summed E-state index contributed by atoms with van der Waals surface area (Å²) in [5.74, 6) is -0.211. The quantitative estimate of drug-likeness (QED) is 0.745. The molecule has 2 amide bonds. The maximum atomic E-state index is 13.4. The van der Waals surface area contributed by atoms with E-state index in [2.05, 4.69) is 5.32 Å². The first-order valence-corrected chi connectivity index (χ1v) is 11.6. The predicted octanol–water partition coefficient (Wildman–Crippen LogP) is 3.56. The lowest BCUT2D eigenvalue weighted by Crippen LogP contribution is -2.48. The van der Waals surface area contributed by atoms with Gasteiger partial charge in [0.15, 0.2) is 0 Å². The van der Waals surface area contributed by atoms with Crippen molar-refractivity contribution in [1.29, 1.82) is 5.26 Å². The second kappa shape index (κ2) is 8.88. The number of carbonyl (C=O) groups is 2. The van der Waals surface area contributed by atoms with Crippen LogP contribution in [0.2, 0.25) is 0 Å². The van der Waals surface area contributed by atoms with E-state index in [1.54, 1.807) is 19.2 Å². The number of anilines is 1. The Labute approximate surface area is 191 Å². The lowest BCUT2D eigenvalue weighted by Gasteiger charge is -2.43. The summed E-state index contributed by atoms with van der Waals surface area (Å²) in [6.45, 7) is 1.91. The molecule has 1 unspecified atom stereocenters. The van der Waals surface area contributed by atoms with Crippen LogP contribution in [0.25, 0.3) is 0 Å². The molecule has 0 bridgehead atoms. The fourth-order valence-corrected chi connectivity index (χ4v) is 5.88. The summed E-state index contributed by atoms with van der Waals surface area (Å²) in [6, 6.07) is 5.42. The van der Waals surface area contributed by atoms with Crippen molar-refractivity contribution in [2.75, 3.05) is 38.1 Å². The van der Waals surface area contributed by atoms with E-state index < -0.39 is 17.3 Å². The number of rotatable bonds is 3. The molecule has 3 aliphatic rings. The first kappa shape index (κ1) is 23.4. The number of nitriles is 1. The predicted molar refractivity (Wildman–Crippen MR) is 116 cm³/mol. The fourth-order valence-electron chi connectivity index (χ4n) is 5.88. The van der Waals surface area contributed by atoms with Gasteiger partial charge in [0.2, 0.25) is 11.8 Å². The van der Waals surface area contributed by atoms with Crippen LogP contribution in [0, 0.1) is 28.6 Å². The Hall–Kier alpha value is -2.76. The maximum absolute atomic E-state index is 13.4. The Morgan fingerprint density at radius 1 is 1.18 bits per heavy atom. The number of alkyl halides is 3. The van der Waals surface area contributed by atoms with E-state index in [1.807, 2.05) is 9.80 Å². The number of piperidine rings is 1. The molecule has 33 heavy (non-hydrogen) atoms. The summed E-state index contributed by atoms with van der Waals surface area (Å²) < 4.78 is 40.2. The first-order valence-electron chi connectivity index (χ1n) is 11.6. The van der Waals surface area contributed by atoms with Crippen LogP contribution in [-0.4, -0.2) is 49.9 Å². The highest BCUT2D eigenvalue weighted by molar-refractivity contribution is 5.84. The molecule has 1 aliphatic carbocycles. The third-order valence-corrected chi connectivity index (χ3v) is 7.78.